The molecule has 0 fully saturated rings. The number of esters is 1. The number of pyridine rings is 1. The fourth-order valence-corrected chi connectivity index (χ4v) is 3.25. The number of carbonyl (C=O) groups excluding carboxylic acids is 1. The molecule has 3 aromatic rings. The van der Waals surface area contributed by atoms with Crippen LogP contribution >= 0.6 is 0 Å². The fourth-order valence-electron chi connectivity index (χ4n) is 3.25. The highest BCUT2D eigenvalue weighted by Gasteiger charge is 2.32. The summed E-state index contributed by atoms with van der Waals surface area (Å²) in [6.07, 6.45) is 0.178. The van der Waals surface area contributed by atoms with Gasteiger partial charge in [-0.15, -0.1) is 0 Å². The Bertz CT molecular complexity index is 987. The largest absolute Gasteiger partial charge is 0.425 e. The van der Waals surface area contributed by atoms with Crippen LogP contribution in [0.4, 0.5) is 0 Å². The zero-order chi connectivity index (χ0) is 16.0. The summed E-state index contributed by atoms with van der Waals surface area (Å²) in [6.45, 7) is 2.00. The van der Waals surface area contributed by atoms with E-state index in [9.17, 15) is 9.59 Å². The van der Waals surface area contributed by atoms with E-state index in [4.69, 9.17) is 4.74 Å². The molecule has 1 aromatic heterocycles. The number of aryl methyl sites for hydroxylation is 1. The summed E-state index contributed by atoms with van der Waals surface area (Å²) >= 11 is 0. The summed E-state index contributed by atoms with van der Waals surface area (Å²) in [5, 5.41) is 0.757. The molecule has 1 aliphatic rings. The van der Waals surface area contributed by atoms with Gasteiger partial charge in [0.15, 0.2) is 0 Å². The second-order valence-electron chi connectivity index (χ2n) is 5.89. The number of fused-ring (bicyclic) bond motifs is 3. The highest BCUT2D eigenvalue weighted by molar-refractivity contribution is 5.91. The molecule has 4 nitrogen and oxygen atoms in total. The second kappa shape index (κ2) is 5.09. The average Bonchev–Trinajstić information content (AvgIpc) is 2.54. The normalized spacial score (nSPS) is 16.9. The summed E-state index contributed by atoms with van der Waals surface area (Å²) in [6, 6.07) is 15.3. The maximum atomic E-state index is 12.6. The maximum Gasteiger partial charge on any atom is 0.312 e. The molecule has 0 bridgehead atoms. The lowest BCUT2D eigenvalue weighted by molar-refractivity contribution is -0.135. The van der Waals surface area contributed by atoms with E-state index in [1.54, 1.807) is 6.07 Å². The number of carbonyl (C=O) groups is 1. The molecule has 1 aliphatic heterocycles. The molecule has 23 heavy (non-hydrogen) atoms. The first-order chi connectivity index (χ1) is 11.1. The first-order valence-corrected chi connectivity index (χ1v) is 7.55. The summed E-state index contributed by atoms with van der Waals surface area (Å²) in [7, 11) is 0. The van der Waals surface area contributed by atoms with Crippen LogP contribution < -0.4 is 10.3 Å². The number of H-pyrrole nitrogens is 1. The molecule has 0 spiro atoms. The van der Waals surface area contributed by atoms with Crippen LogP contribution in [0.15, 0.2) is 53.3 Å². The van der Waals surface area contributed by atoms with Crippen molar-refractivity contribution in [3.8, 4) is 5.75 Å². The van der Waals surface area contributed by atoms with Crippen LogP contribution in [0.5, 0.6) is 5.75 Å². The van der Waals surface area contributed by atoms with Crippen molar-refractivity contribution in [1.82, 2.24) is 4.98 Å². The van der Waals surface area contributed by atoms with E-state index in [1.807, 2.05) is 49.4 Å². The van der Waals surface area contributed by atoms with E-state index in [-0.39, 0.29) is 23.9 Å². The van der Waals surface area contributed by atoms with Crippen molar-refractivity contribution >= 4 is 16.9 Å². The molecule has 0 unspecified atom stereocenters. The number of benzene rings is 2. The van der Waals surface area contributed by atoms with Crippen molar-refractivity contribution < 1.29 is 9.53 Å². The van der Waals surface area contributed by atoms with E-state index in [1.165, 1.54) is 0 Å². The SMILES string of the molecule is Cc1cccc([C@H]2CC(=O)Oc3c2c(=O)[nH]c2ccccc32)c1. The Balaban J connectivity index is 2.02. The summed E-state index contributed by atoms with van der Waals surface area (Å²) in [5.74, 6) is -0.189. The lowest BCUT2D eigenvalue weighted by Crippen LogP contribution is -2.28. The minimum atomic E-state index is -0.306. The van der Waals surface area contributed by atoms with Crippen LogP contribution in [0.3, 0.4) is 0 Å². The van der Waals surface area contributed by atoms with Crippen molar-refractivity contribution in [3.63, 3.8) is 0 Å². The van der Waals surface area contributed by atoms with Gasteiger partial charge in [0, 0.05) is 11.3 Å². The highest BCUT2D eigenvalue weighted by Crippen LogP contribution is 2.39. The molecular weight excluding hydrogens is 290 g/mol. The van der Waals surface area contributed by atoms with Crippen LogP contribution in [0.1, 0.15) is 29.0 Å². The van der Waals surface area contributed by atoms with E-state index in [0.717, 1.165) is 16.5 Å². The molecule has 1 N–H and O–H groups in total. The van der Waals surface area contributed by atoms with Crippen LogP contribution in [0, 0.1) is 6.92 Å². The molecular formula is C19H15NO3. The number of hydrogen-bond acceptors (Lipinski definition) is 3. The van der Waals surface area contributed by atoms with Gasteiger partial charge < -0.3 is 9.72 Å². The van der Waals surface area contributed by atoms with Gasteiger partial charge in [-0.05, 0) is 24.6 Å². The van der Waals surface area contributed by atoms with Gasteiger partial charge in [0.25, 0.3) is 5.56 Å². The zero-order valence-corrected chi connectivity index (χ0v) is 12.6. The molecule has 2 heterocycles. The molecule has 114 valence electrons. The Labute approximate surface area is 132 Å². The molecule has 0 amide bonds. The predicted molar refractivity (Wildman–Crippen MR) is 87.8 cm³/mol. The first kappa shape index (κ1) is 13.8. The third-order valence-corrected chi connectivity index (χ3v) is 4.29. The lowest BCUT2D eigenvalue weighted by atomic mass is 9.86. The minimum absolute atomic E-state index is 0.178. The van der Waals surface area contributed by atoms with E-state index in [2.05, 4.69) is 4.98 Å². The van der Waals surface area contributed by atoms with E-state index < -0.39 is 0 Å². The number of nitrogens with one attached hydrogen (secondary N) is 1. The van der Waals surface area contributed by atoms with Crippen LogP contribution in [-0.2, 0) is 4.79 Å². The van der Waals surface area contributed by atoms with Gasteiger partial charge in [0.1, 0.15) is 5.75 Å². The molecule has 4 rings (SSSR count). The topological polar surface area (TPSA) is 59.2 Å². The molecule has 1 atom stereocenters. The number of hydrogen-bond donors (Lipinski definition) is 1. The maximum absolute atomic E-state index is 12.6. The Hall–Kier alpha value is -2.88. The quantitative estimate of drug-likeness (QED) is 0.702. The van der Waals surface area contributed by atoms with Gasteiger partial charge in [-0.25, -0.2) is 0 Å². The van der Waals surface area contributed by atoms with Gasteiger partial charge in [-0.1, -0.05) is 42.0 Å². The zero-order valence-electron chi connectivity index (χ0n) is 12.6. The van der Waals surface area contributed by atoms with Crippen LogP contribution in [-0.4, -0.2) is 11.0 Å². The fraction of sp³-hybridized carbons (Fsp3) is 0.158. The second-order valence-corrected chi connectivity index (χ2v) is 5.89. The van der Waals surface area contributed by atoms with E-state index in [0.29, 0.717) is 16.8 Å². The third-order valence-electron chi connectivity index (χ3n) is 4.29. The van der Waals surface area contributed by atoms with Crippen LogP contribution in [0.2, 0.25) is 0 Å². The molecule has 0 radical (unpaired) electrons. The minimum Gasteiger partial charge on any atom is -0.425 e. The molecule has 0 aliphatic carbocycles. The summed E-state index contributed by atoms with van der Waals surface area (Å²) in [5.41, 5.74) is 3.07. The number of para-hydroxylation sites is 1. The number of rotatable bonds is 1. The van der Waals surface area contributed by atoms with Gasteiger partial charge in [-0.2, -0.15) is 0 Å². The van der Waals surface area contributed by atoms with Crippen molar-refractivity contribution in [2.45, 2.75) is 19.3 Å². The third kappa shape index (κ3) is 2.23. The molecule has 2 aromatic carbocycles. The van der Waals surface area contributed by atoms with Crippen molar-refractivity contribution in [3.05, 3.63) is 75.6 Å². The van der Waals surface area contributed by atoms with Gasteiger partial charge in [-0.3, -0.25) is 9.59 Å². The smallest absolute Gasteiger partial charge is 0.312 e. The molecule has 4 heteroatoms. The van der Waals surface area contributed by atoms with Crippen molar-refractivity contribution in [2.24, 2.45) is 0 Å². The molecule has 0 saturated heterocycles. The van der Waals surface area contributed by atoms with Crippen LogP contribution in [0.25, 0.3) is 10.9 Å². The van der Waals surface area contributed by atoms with E-state index >= 15 is 0 Å². The Kier molecular flexibility index (Phi) is 3.05. The molecule has 0 saturated carbocycles. The Morgan fingerprint density at radius 3 is 2.74 bits per heavy atom. The number of aromatic amines is 1. The first-order valence-electron chi connectivity index (χ1n) is 7.55. The Morgan fingerprint density at radius 1 is 1.09 bits per heavy atom. The highest BCUT2D eigenvalue weighted by atomic mass is 16.5. The van der Waals surface area contributed by atoms with Crippen molar-refractivity contribution in [2.75, 3.05) is 0 Å². The van der Waals surface area contributed by atoms with Crippen molar-refractivity contribution in [1.29, 1.82) is 0 Å². The number of aromatic nitrogens is 1. The van der Waals surface area contributed by atoms with Gasteiger partial charge >= 0.3 is 5.97 Å². The van der Waals surface area contributed by atoms with Gasteiger partial charge in [0.05, 0.1) is 17.5 Å². The Morgan fingerprint density at radius 2 is 1.91 bits per heavy atom. The predicted octanol–water partition coefficient (Wildman–Crippen LogP) is 3.28. The summed E-state index contributed by atoms with van der Waals surface area (Å²) < 4.78 is 5.45. The standard InChI is InChI=1S/C19H15NO3/c1-11-5-4-6-12(9-11)14-10-16(21)23-18-13-7-2-3-8-15(13)20-19(22)17(14)18/h2-9,14H,10H2,1H3,(H,20,22)/t14-/m1/s1. The lowest BCUT2D eigenvalue weighted by Gasteiger charge is -2.25. The van der Waals surface area contributed by atoms with Gasteiger partial charge in [0.2, 0.25) is 0 Å². The average molecular weight is 305 g/mol. The number of ether oxygens (including phenoxy) is 1. The summed E-state index contributed by atoms with van der Waals surface area (Å²) in [4.78, 5) is 27.6. The monoisotopic (exact) mass is 305 g/mol.